The fraction of sp³-hybridized carbons (Fsp3) is 0.600. The first-order valence-corrected chi connectivity index (χ1v) is 9.30. The molecule has 21 heavy (non-hydrogen) atoms. The lowest BCUT2D eigenvalue weighted by atomic mass is 9.78. The van der Waals surface area contributed by atoms with Crippen LogP contribution in [0.15, 0.2) is 23.1 Å². The molecule has 2 aliphatic rings. The molecular formula is C15H21ClN2O2S. The van der Waals surface area contributed by atoms with E-state index in [1.165, 1.54) is 31.7 Å². The van der Waals surface area contributed by atoms with E-state index >= 15 is 0 Å². The Bertz CT molecular complexity index is 629. The number of piperidine rings is 1. The van der Waals surface area contributed by atoms with Crippen molar-refractivity contribution < 1.29 is 8.42 Å². The van der Waals surface area contributed by atoms with E-state index < -0.39 is 10.0 Å². The number of anilines is 1. The lowest BCUT2D eigenvalue weighted by molar-refractivity contribution is 0.160. The van der Waals surface area contributed by atoms with Crippen molar-refractivity contribution >= 4 is 27.3 Å². The van der Waals surface area contributed by atoms with Gasteiger partial charge >= 0.3 is 0 Å². The van der Waals surface area contributed by atoms with Crippen molar-refractivity contribution in [3.05, 3.63) is 23.2 Å². The van der Waals surface area contributed by atoms with Crippen LogP contribution in [0.5, 0.6) is 0 Å². The van der Waals surface area contributed by atoms with Gasteiger partial charge in [-0.25, -0.2) is 8.42 Å². The third-order valence-corrected chi connectivity index (χ3v) is 7.23. The summed E-state index contributed by atoms with van der Waals surface area (Å²) in [4.78, 5) is 0.136. The van der Waals surface area contributed by atoms with Gasteiger partial charge in [-0.3, -0.25) is 0 Å². The molecule has 2 N–H and O–H groups in total. The second-order valence-corrected chi connectivity index (χ2v) is 8.64. The summed E-state index contributed by atoms with van der Waals surface area (Å²) in [5, 5.41) is 0.395. The number of sulfonamides is 1. The highest BCUT2D eigenvalue weighted by molar-refractivity contribution is 7.89. The highest BCUT2D eigenvalue weighted by Crippen LogP contribution is 2.46. The van der Waals surface area contributed by atoms with Crippen LogP contribution in [0.2, 0.25) is 5.02 Å². The number of halogens is 1. The molecule has 0 radical (unpaired) electrons. The van der Waals surface area contributed by atoms with Crippen molar-refractivity contribution in [3.8, 4) is 0 Å². The summed E-state index contributed by atoms with van der Waals surface area (Å²) in [6.07, 6.45) is 7.00. The molecule has 1 aliphatic carbocycles. The van der Waals surface area contributed by atoms with Gasteiger partial charge in [0.25, 0.3) is 0 Å². The van der Waals surface area contributed by atoms with Crippen molar-refractivity contribution in [2.24, 2.45) is 5.41 Å². The van der Waals surface area contributed by atoms with Crippen LogP contribution < -0.4 is 5.73 Å². The van der Waals surface area contributed by atoms with E-state index in [2.05, 4.69) is 0 Å². The van der Waals surface area contributed by atoms with Crippen molar-refractivity contribution in [3.63, 3.8) is 0 Å². The van der Waals surface area contributed by atoms with E-state index in [9.17, 15) is 8.42 Å². The molecule has 1 heterocycles. The number of hydrogen-bond donors (Lipinski definition) is 1. The van der Waals surface area contributed by atoms with Crippen molar-refractivity contribution in [2.75, 3.05) is 18.8 Å². The fourth-order valence-electron chi connectivity index (χ4n) is 3.70. The van der Waals surface area contributed by atoms with Gasteiger partial charge in [-0.1, -0.05) is 24.4 Å². The molecule has 0 bridgehead atoms. The molecule has 0 aromatic heterocycles. The van der Waals surface area contributed by atoms with Crippen LogP contribution >= 0.6 is 11.6 Å². The second kappa shape index (κ2) is 5.45. The minimum absolute atomic E-state index is 0.136. The van der Waals surface area contributed by atoms with Crippen LogP contribution in [-0.4, -0.2) is 25.8 Å². The molecule has 6 heteroatoms. The first-order valence-electron chi connectivity index (χ1n) is 7.48. The van der Waals surface area contributed by atoms with Crippen molar-refractivity contribution in [2.45, 2.75) is 43.4 Å². The second-order valence-electron chi connectivity index (χ2n) is 6.29. The van der Waals surface area contributed by atoms with E-state index in [1.807, 2.05) is 0 Å². The molecule has 1 aromatic rings. The van der Waals surface area contributed by atoms with E-state index in [0.717, 1.165) is 12.8 Å². The first kappa shape index (κ1) is 15.1. The SMILES string of the molecule is Nc1ccc(Cl)cc1S(=O)(=O)N1CCC2(CCCC2)CC1. The molecule has 1 saturated heterocycles. The van der Waals surface area contributed by atoms with E-state index in [1.54, 1.807) is 16.4 Å². The highest BCUT2D eigenvalue weighted by Gasteiger charge is 2.40. The Balaban J connectivity index is 1.82. The van der Waals surface area contributed by atoms with Gasteiger partial charge < -0.3 is 5.73 Å². The number of nitrogens with two attached hydrogens (primary N) is 1. The molecule has 116 valence electrons. The Labute approximate surface area is 131 Å². The Morgan fingerprint density at radius 2 is 1.71 bits per heavy atom. The maximum atomic E-state index is 12.8. The molecule has 1 saturated carbocycles. The van der Waals surface area contributed by atoms with Gasteiger partial charge in [0.05, 0.1) is 5.69 Å². The van der Waals surface area contributed by atoms with E-state index in [0.29, 0.717) is 23.5 Å². The maximum absolute atomic E-state index is 12.8. The minimum atomic E-state index is -3.54. The molecule has 3 rings (SSSR count). The Morgan fingerprint density at radius 3 is 2.33 bits per heavy atom. The summed E-state index contributed by atoms with van der Waals surface area (Å²) in [7, 11) is -3.54. The average Bonchev–Trinajstić information content (AvgIpc) is 2.90. The van der Waals surface area contributed by atoms with Gasteiger partial charge in [-0.05, 0) is 49.3 Å². The maximum Gasteiger partial charge on any atom is 0.245 e. The molecular weight excluding hydrogens is 308 g/mol. The standard InChI is InChI=1S/C15H21ClN2O2S/c16-12-3-4-13(17)14(11-12)21(19,20)18-9-7-15(8-10-18)5-1-2-6-15/h3-4,11H,1-2,5-10,17H2. The number of nitrogen functional groups attached to an aromatic ring is 1. The van der Waals surface area contributed by atoms with E-state index in [4.69, 9.17) is 17.3 Å². The number of hydrogen-bond acceptors (Lipinski definition) is 3. The molecule has 0 atom stereocenters. The number of nitrogens with zero attached hydrogens (tertiary/aromatic N) is 1. The van der Waals surface area contributed by atoms with E-state index in [-0.39, 0.29) is 10.6 Å². The zero-order valence-corrected chi connectivity index (χ0v) is 13.6. The molecule has 1 aliphatic heterocycles. The third-order valence-electron chi connectivity index (χ3n) is 5.04. The van der Waals surface area contributed by atoms with Crippen LogP contribution in [0.1, 0.15) is 38.5 Å². The predicted molar refractivity (Wildman–Crippen MR) is 84.8 cm³/mol. The van der Waals surface area contributed by atoms with Gasteiger partial charge in [0.1, 0.15) is 4.90 Å². The van der Waals surface area contributed by atoms with Crippen molar-refractivity contribution in [1.82, 2.24) is 4.31 Å². The molecule has 0 unspecified atom stereocenters. The Hall–Kier alpha value is -0.780. The minimum Gasteiger partial charge on any atom is -0.398 e. The van der Waals surface area contributed by atoms with Gasteiger partial charge in [0, 0.05) is 18.1 Å². The van der Waals surface area contributed by atoms with Gasteiger partial charge in [-0.15, -0.1) is 0 Å². The molecule has 1 aromatic carbocycles. The molecule has 1 spiro atoms. The van der Waals surface area contributed by atoms with Gasteiger partial charge in [0.2, 0.25) is 10.0 Å². The number of benzene rings is 1. The Morgan fingerprint density at radius 1 is 1.10 bits per heavy atom. The number of rotatable bonds is 2. The summed E-state index contributed by atoms with van der Waals surface area (Å²) >= 11 is 5.92. The van der Waals surface area contributed by atoms with Gasteiger partial charge in [-0.2, -0.15) is 4.31 Å². The highest BCUT2D eigenvalue weighted by atomic mass is 35.5. The zero-order chi connectivity index (χ0) is 15.1. The fourth-order valence-corrected chi connectivity index (χ4v) is 5.52. The van der Waals surface area contributed by atoms with Gasteiger partial charge in [0.15, 0.2) is 0 Å². The largest absolute Gasteiger partial charge is 0.398 e. The Kier molecular flexibility index (Phi) is 3.93. The molecule has 4 nitrogen and oxygen atoms in total. The smallest absolute Gasteiger partial charge is 0.245 e. The molecule has 0 amide bonds. The molecule has 2 fully saturated rings. The quantitative estimate of drug-likeness (QED) is 0.847. The lowest BCUT2D eigenvalue weighted by Gasteiger charge is -2.38. The average molecular weight is 329 g/mol. The van der Waals surface area contributed by atoms with Crippen LogP contribution in [0, 0.1) is 5.41 Å². The first-order chi connectivity index (χ1) is 9.93. The van der Waals surface area contributed by atoms with Crippen LogP contribution in [0.4, 0.5) is 5.69 Å². The normalized spacial score (nSPS) is 22.7. The van der Waals surface area contributed by atoms with Crippen molar-refractivity contribution in [1.29, 1.82) is 0 Å². The summed E-state index contributed by atoms with van der Waals surface area (Å²) in [6.45, 7) is 1.18. The summed E-state index contributed by atoms with van der Waals surface area (Å²) in [5.74, 6) is 0. The topological polar surface area (TPSA) is 63.4 Å². The summed E-state index contributed by atoms with van der Waals surface area (Å²) in [5.41, 5.74) is 6.49. The monoisotopic (exact) mass is 328 g/mol. The lowest BCUT2D eigenvalue weighted by Crippen LogP contribution is -2.42. The van der Waals surface area contributed by atoms with Crippen LogP contribution in [0.3, 0.4) is 0 Å². The van der Waals surface area contributed by atoms with Crippen LogP contribution in [-0.2, 0) is 10.0 Å². The summed E-state index contributed by atoms with van der Waals surface area (Å²) < 4.78 is 27.1. The third kappa shape index (κ3) is 2.79. The summed E-state index contributed by atoms with van der Waals surface area (Å²) in [6, 6.07) is 4.61. The predicted octanol–water partition coefficient (Wildman–Crippen LogP) is 3.27. The van der Waals surface area contributed by atoms with Crippen LogP contribution in [0.25, 0.3) is 0 Å². The zero-order valence-electron chi connectivity index (χ0n) is 12.0.